The fourth-order valence-electron chi connectivity index (χ4n) is 4.07. The first kappa shape index (κ1) is 23.3. The first-order valence-electron chi connectivity index (χ1n) is 11.0. The predicted octanol–water partition coefficient (Wildman–Crippen LogP) is 4.66. The van der Waals surface area contributed by atoms with Gasteiger partial charge < -0.3 is 11.5 Å². The van der Waals surface area contributed by atoms with Gasteiger partial charge in [-0.3, -0.25) is 9.59 Å². The summed E-state index contributed by atoms with van der Waals surface area (Å²) in [5.41, 5.74) is 15.2. The van der Waals surface area contributed by atoms with Gasteiger partial charge in [0.25, 0.3) is 5.91 Å². The van der Waals surface area contributed by atoms with Crippen LogP contribution in [-0.4, -0.2) is 26.8 Å². The van der Waals surface area contributed by atoms with Crippen LogP contribution in [0, 0.1) is 12.7 Å². The van der Waals surface area contributed by atoms with E-state index in [1.165, 1.54) is 17.4 Å². The summed E-state index contributed by atoms with van der Waals surface area (Å²) in [6.45, 7) is 1.83. The normalized spacial score (nSPS) is 11.1. The van der Waals surface area contributed by atoms with Crippen molar-refractivity contribution >= 4 is 34.2 Å². The van der Waals surface area contributed by atoms with Crippen LogP contribution >= 0.6 is 11.3 Å². The highest BCUT2D eigenvalue weighted by molar-refractivity contribution is 7.15. The number of rotatable bonds is 6. The van der Waals surface area contributed by atoms with Crippen molar-refractivity contribution in [1.29, 1.82) is 0 Å². The van der Waals surface area contributed by atoms with E-state index in [1.807, 2.05) is 31.2 Å². The molecule has 2 amide bonds. The number of nitrogens with two attached hydrogens (primary N) is 2. The topological polar surface area (TPSA) is 125 Å². The molecule has 0 radical (unpaired) electrons. The molecule has 178 valence electrons. The number of carbonyl (C=O) groups excluding carboxylic acids is 2. The number of fused-ring (bicyclic) bond motifs is 1. The van der Waals surface area contributed by atoms with E-state index in [4.69, 9.17) is 11.5 Å². The highest BCUT2D eigenvalue weighted by atomic mass is 32.1. The van der Waals surface area contributed by atoms with Crippen molar-refractivity contribution in [3.05, 3.63) is 99.9 Å². The molecule has 0 spiro atoms. The van der Waals surface area contributed by atoms with Gasteiger partial charge in [0.2, 0.25) is 5.91 Å². The van der Waals surface area contributed by atoms with E-state index in [0.29, 0.717) is 23.0 Å². The lowest BCUT2D eigenvalue weighted by Gasteiger charge is -2.11. The zero-order valence-electron chi connectivity index (χ0n) is 19.2. The van der Waals surface area contributed by atoms with Gasteiger partial charge in [-0.2, -0.15) is 0 Å². The average Bonchev–Trinajstić information content (AvgIpc) is 3.32. The Kier molecular flexibility index (Phi) is 5.99. The minimum Gasteiger partial charge on any atom is -0.366 e. The van der Waals surface area contributed by atoms with Gasteiger partial charge in [0.15, 0.2) is 5.69 Å². The van der Waals surface area contributed by atoms with Crippen LogP contribution in [0.4, 0.5) is 4.39 Å². The fraction of sp³-hybridized carbons (Fsp3) is 0.0741. The van der Waals surface area contributed by atoms with Gasteiger partial charge in [0.05, 0.1) is 11.0 Å². The third-order valence-corrected chi connectivity index (χ3v) is 6.84. The molecule has 5 aromatic rings. The predicted molar refractivity (Wildman–Crippen MR) is 137 cm³/mol. The Labute approximate surface area is 209 Å². The van der Waals surface area contributed by atoms with Gasteiger partial charge in [0.1, 0.15) is 16.5 Å². The number of nitrogens with zero attached hydrogens (tertiary/aromatic N) is 3. The van der Waals surface area contributed by atoms with E-state index in [2.05, 4.69) is 15.0 Å². The summed E-state index contributed by atoms with van der Waals surface area (Å²) in [7, 11) is 0. The first-order chi connectivity index (χ1) is 17.3. The van der Waals surface area contributed by atoms with Crippen LogP contribution in [0.15, 0.2) is 66.9 Å². The molecule has 0 aliphatic carbocycles. The van der Waals surface area contributed by atoms with Crippen LogP contribution in [0.1, 0.15) is 36.9 Å². The molecule has 4 N–H and O–H groups in total. The number of thiazole rings is 1. The Hall–Kier alpha value is -4.50. The molecule has 0 bridgehead atoms. The quantitative estimate of drug-likeness (QED) is 0.353. The highest BCUT2D eigenvalue weighted by Gasteiger charge is 2.20. The number of amides is 2. The molecular weight excluding hydrogens is 477 g/mol. The zero-order chi connectivity index (χ0) is 25.4. The fourth-order valence-corrected chi connectivity index (χ4v) is 5.01. The second-order valence-corrected chi connectivity index (χ2v) is 9.37. The Morgan fingerprint density at radius 3 is 2.50 bits per heavy atom. The van der Waals surface area contributed by atoms with Gasteiger partial charge in [-0.05, 0) is 48.4 Å². The zero-order valence-corrected chi connectivity index (χ0v) is 20.0. The Balaban J connectivity index is 1.55. The molecule has 0 fully saturated rings. The van der Waals surface area contributed by atoms with E-state index in [9.17, 15) is 14.0 Å². The second kappa shape index (κ2) is 9.27. The number of hydrogen-bond acceptors (Lipinski definition) is 6. The standard InChI is InChI=1S/C27H20FN5O2S/c1-14-11-16(9-10-18(14)25(29)34)27-31-13-17(36-27)12-15-5-4-8-21-22(15)33-23(24(32-21)26(30)35)19-6-2-3-7-20(19)28/h2-11,13H,12H2,1H3,(H2,29,34)(H2,30,35). The third kappa shape index (κ3) is 4.32. The van der Waals surface area contributed by atoms with E-state index in [1.54, 1.807) is 36.5 Å². The van der Waals surface area contributed by atoms with Crippen molar-refractivity contribution in [3.8, 4) is 21.8 Å². The van der Waals surface area contributed by atoms with Crippen LogP contribution in [0.2, 0.25) is 0 Å². The minimum atomic E-state index is -0.780. The minimum absolute atomic E-state index is 0.0837. The highest BCUT2D eigenvalue weighted by Crippen LogP contribution is 2.31. The summed E-state index contributed by atoms with van der Waals surface area (Å²) in [5.74, 6) is -1.76. The van der Waals surface area contributed by atoms with Crippen molar-refractivity contribution in [3.63, 3.8) is 0 Å². The third-order valence-electron chi connectivity index (χ3n) is 5.80. The Morgan fingerprint density at radius 2 is 1.78 bits per heavy atom. The van der Waals surface area contributed by atoms with Crippen LogP contribution in [0.3, 0.4) is 0 Å². The molecule has 0 aliphatic rings. The summed E-state index contributed by atoms with van der Waals surface area (Å²) in [4.78, 5) is 38.2. The van der Waals surface area contributed by atoms with Crippen molar-refractivity contribution in [2.24, 2.45) is 11.5 Å². The molecule has 36 heavy (non-hydrogen) atoms. The molecule has 0 saturated heterocycles. The maximum atomic E-state index is 14.6. The lowest BCUT2D eigenvalue weighted by atomic mass is 10.1. The van der Waals surface area contributed by atoms with Gasteiger partial charge in [-0.25, -0.2) is 19.3 Å². The maximum Gasteiger partial charge on any atom is 0.269 e. The Bertz CT molecular complexity index is 1660. The molecular formula is C27H20FN5O2S. The molecule has 0 unspecified atom stereocenters. The van der Waals surface area contributed by atoms with E-state index in [-0.39, 0.29) is 17.0 Å². The van der Waals surface area contributed by atoms with E-state index in [0.717, 1.165) is 26.6 Å². The summed E-state index contributed by atoms with van der Waals surface area (Å²) in [6.07, 6.45) is 2.30. The largest absolute Gasteiger partial charge is 0.366 e. The SMILES string of the molecule is Cc1cc(-c2ncc(Cc3cccc4nc(C(N)=O)c(-c5ccccc5F)nc34)s2)ccc1C(N)=O. The monoisotopic (exact) mass is 497 g/mol. The van der Waals surface area contributed by atoms with E-state index >= 15 is 0 Å². The maximum absolute atomic E-state index is 14.6. The molecule has 2 heterocycles. The molecule has 0 aliphatic heterocycles. The molecule has 5 rings (SSSR count). The Morgan fingerprint density at radius 1 is 0.972 bits per heavy atom. The van der Waals surface area contributed by atoms with Crippen LogP contribution in [0.5, 0.6) is 0 Å². The van der Waals surface area contributed by atoms with Gasteiger partial charge in [-0.1, -0.05) is 30.3 Å². The molecule has 0 atom stereocenters. The van der Waals surface area contributed by atoms with Gasteiger partial charge in [0, 0.05) is 34.2 Å². The number of para-hydroxylation sites is 1. The summed E-state index contributed by atoms with van der Waals surface area (Å²) in [5, 5.41) is 0.804. The lowest BCUT2D eigenvalue weighted by molar-refractivity contribution is 0.0989. The first-order valence-corrected chi connectivity index (χ1v) is 11.8. The van der Waals surface area contributed by atoms with Crippen LogP contribution in [0.25, 0.3) is 32.9 Å². The number of primary amides is 2. The summed E-state index contributed by atoms with van der Waals surface area (Å²) >= 11 is 1.51. The van der Waals surface area contributed by atoms with Crippen LogP contribution in [-0.2, 0) is 6.42 Å². The number of hydrogen-bond donors (Lipinski definition) is 2. The van der Waals surface area contributed by atoms with Crippen molar-refractivity contribution in [2.75, 3.05) is 0 Å². The van der Waals surface area contributed by atoms with Crippen molar-refractivity contribution in [1.82, 2.24) is 15.0 Å². The summed E-state index contributed by atoms with van der Waals surface area (Å²) in [6, 6.07) is 17.0. The molecule has 0 saturated carbocycles. The lowest BCUT2D eigenvalue weighted by Crippen LogP contribution is -2.16. The smallest absolute Gasteiger partial charge is 0.269 e. The number of aromatic nitrogens is 3. The second-order valence-electron chi connectivity index (χ2n) is 8.25. The number of halogens is 1. The average molecular weight is 498 g/mol. The molecule has 3 aromatic carbocycles. The van der Waals surface area contributed by atoms with Gasteiger partial charge in [-0.15, -0.1) is 11.3 Å². The number of aryl methyl sites for hydroxylation is 1. The number of benzene rings is 3. The number of carbonyl (C=O) groups is 2. The van der Waals surface area contributed by atoms with Crippen LogP contribution < -0.4 is 11.5 Å². The summed E-state index contributed by atoms with van der Waals surface area (Å²) < 4.78 is 14.6. The van der Waals surface area contributed by atoms with Crippen molar-refractivity contribution in [2.45, 2.75) is 13.3 Å². The van der Waals surface area contributed by atoms with Crippen molar-refractivity contribution < 1.29 is 14.0 Å². The molecule has 9 heteroatoms. The van der Waals surface area contributed by atoms with E-state index < -0.39 is 17.6 Å². The molecule has 7 nitrogen and oxygen atoms in total. The molecule has 2 aromatic heterocycles. The van der Waals surface area contributed by atoms with Gasteiger partial charge >= 0.3 is 0 Å².